The molecule has 0 fully saturated rings. The van der Waals surface area contributed by atoms with Gasteiger partial charge in [-0.3, -0.25) is 5.43 Å². The number of nitrogens with zero attached hydrogens (tertiary/aromatic N) is 4. The number of nitrogen functional groups attached to an aromatic ring is 1. The summed E-state index contributed by atoms with van der Waals surface area (Å²) < 4.78 is 5.47. The number of hydrogen-bond acceptors (Lipinski definition) is 7. The Morgan fingerprint density at radius 2 is 2.00 bits per heavy atom. The Kier molecular flexibility index (Phi) is 4.89. The normalized spacial score (nSPS) is 10.3. The molecule has 0 aliphatic carbocycles. The van der Waals surface area contributed by atoms with Crippen LogP contribution in [0.1, 0.15) is 18.9 Å². The molecule has 2 aromatic rings. The first kappa shape index (κ1) is 15.0. The fourth-order valence-corrected chi connectivity index (χ4v) is 1.87. The van der Waals surface area contributed by atoms with E-state index in [-0.39, 0.29) is 12.0 Å². The van der Waals surface area contributed by atoms with Gasteiger partial charge in [-0.05, 0) is 25.0 Å². The second kappa shape index (κ2) is 6.85. The summed E-state index contributed by atoms with van der Waals surface area (Å²) in [4.78, 5) is 14.5. The number of nitrogens with two attached hydrogens (primary N) is 1. The number of hydrazine groups is 1. The summed E-state index contributed by atoms with van der Waals surface area (Å²) in [6, 6.07) is 8.25. The molecular weight excluding hydrogens is 268 g/mol. The van der Waals surface area contributed by atoms with Gasteiger partial charge < -0.3 is 9.64 Å². The molecule has 0 saturated carbocycles. The van der Waals surface area contributed by atoms with Crippen LogP contribution in [0, 0.1) is 6.92 Å². The average molecular weight is 288 g/mol. The number of nitrogens with one attached hydrogen (secondary N) is 1. The molecule has 0 spiro atoms. The molecule has 1 heterocycles. The highest BCUT2D eigenvalue weighted by atomic mass is 16.5. The first-order valence-corrected chi connectivity index (χ1v) is 6.80. The van der Waals surface area contributed by atoms with Gasteiger partial charge >= 0.3 is 6.01 Å². The molecule has 112 valence electrons. The van der Waals surface area contributed by atoms with E-state index in [2.05, 4.69) is 20.4 Å². The molecule has 1 aromatic heterocycles. The van der Waals surface area contributed by atoms with Crippen LogP contribution in [0.3, 0.4) is 0 Å². The molecule has 0 amide bonds. The Bertz CT molecular complexity index is 604. The minimum Gasteiger partial charge on any atom is -0.463 e. The molecule has 0 bridgehead atoms. The number of aromatic nitrogens is 3. The van der Waals surface area contributed by atoms with Crippen LogP contribution in [0.25, 0.3) is 0 Å². The third kappa shape index (κ3) is 3.57. The van der Waals surface area contributed by atoms with Gasteiger partial charge in [-0.1, -0.05) is 25.1 Å². The van der Waals surface area contributed by atoms with Gasteiger partial charge in [0.1, 0.15) is 0 Å². The minimum atomic E-state index is 0.259. The molecule has 3 N–H and O–H groups in total. The Morgan fingerprint density at radius 1 is 1.24 bits per heavy atom. The first-order valence-electron chi connectivity index (χ1n) is 6.80. The van der Waals surface area contributed by atoms with Gasteiger partial charge in [-0.15, -0.1) is 0 Å². The lowest BCUT2D eigenvalue weighted by atomic mass is 10.2. The van der Waals surface area contributed by atoms with Crippen LogP contribution in [-0.4, -0.2) is 28.6 Å². The Balaban J connectivity index is 2.35. The average Bonchev–Trinajstić information content (AvgIpc) is 2.52. The fraction of sp³-hybridized carbons (Fsp3) is 0.357. The molecule has 0 radical (unpaired) electrons. The quantitative estimate of drug-likeness (QED) is 0.621. The lowest BCUT2D eigenvalue weighted by Gasteiger charge is -2.20. The van der Waals surface area contributed by atoms with E-state index in [1.807, 2.05) is 50.1 Å². The predicted octanol–water partition coefficient (Wildman–Crippen LogP) is 2.02. The van der Waals surface area contributed by atoms with Crippen molar-refractivity contribution in [2.75, 3.05) is 24.0 Å². The van der Waals surface area contributed by atoms with Crippen molar-refractivity contribution in [3.05, 3.63) is 29.8 Å². The van der Waals surface area contributed by atoms with E-state index in [0.717, 1.165) is 17.7 Å². The number of anilines is 3. The maximum absolute atomic E-state index is 5.47. The van der Waals surface area contributed by atoms with Crippen molar-refractivity contribution in [1.82, 2.24) is 15.0 Å². The number of hydrogen-bond donors (Lipinski definition) is 2. The van der Waals surface area contributed by atoms with Crippen molar-refractivity contribution < 1.29 is 4.74 Å². The van der Waals surface area contributed by atoms with E-state index in [9.17, 15) is 0 Å². The minimum absolute atomic E-state index is 0.259. The van der Waals surface area contributed by atoms with Gasteiger partial charge in [0.15, 0.2) is 0 Å². The van der Waals surface area contributed by atoms with Gasteiger partial charge in [0.25, 0.3) is 0 Å². The summed E-state index contributed by atoms with van der Waals surface area (Å²) in [5.74, 6) is 6.15. The van der Waals surface area contributed by atoms with E-state index >= 15 is 0 Å². The molecule has 7 heteroatoms. The van der Waals surface area contributed by atoms with Crippen LogP contribution in [0.5, 0.6) is 6.01 Å². The van der Waals surface area contributed by atoms with Crippen LogP contribution < -0.4 is 20.9 Å². The molecule has 2 rings (SSSR count). The summed E-state index contributed by atoms with van der Waals surface area (Å²) >= 11 is 0. The lowest BCUT2D eigenvalue weighted by Crippen LogP contribution is -2.19. The Labute approximate surface area is 124 Å². The number of ether oxygens (including phenoxy) is 1. The molecular formula is C14H20N6O. The number of para-hydroxylation sites is 1. The van der Waals surface area contributed by atoms with E-state index in [0.29, 0.717) is 12.6 Å². The zero-order valence-electron chi connectivity index (χ0n) is 12.5. The van der Waals surface area contributed by atoms with Gasteiger partial charge in [0, 0.05) is 12.7 Å². The molecule has 1 aromatic carbocycles. The van der Waals surface area contributed by atoms with Gasteiger partial charge in [0.2, 0.25) is 11.9 Å². The molecule has 0 atom stereocenters. The fourth-order valence-electron chi connectivity index (χ4n) is 1.87. The van der Waals surface area contributed by atoms with Crippen molar-refractivity contribution in [1.29, 1.82) is 0 Å². The highest BCUT2D eigenvalue weighted by molar-refractivity contribution is 5.61. The van der Waals surface area contributed by atoms with Crippen LogP contribution in [0.4, 0.5) is 17.6 Å². The third-order valence-electron chi connectivity index (χ3n) is 2.94. The summed E-state index contributed by atoms with van der Waals surface area (Å²) in [6.07, 6.45) is 0.875. The smallest absolute Gasteiger partial charge is 0.323 e. The van der Waals surface area contributed by atoms with Crippen LogP contribution in [-0.2, 0) is 0 Å². The zero-order chi connectivity index (χ0) is 15.2. The van der Waals surface area contributed by atoms with Gasteiger partial charge in [-0.2, -0.15) is 15.0 Å². The Hall–Kier alpha value is -2.41. The van der Waals surface area contributed by atoms with Crippen molar-refractivity contribution in [2.45, 2.75) is 20.3 Å². The third-order valence-corrected chi connectivity index (χ3v) is 2.94. The van der Waals surface area contributed by atoms with Crippen LogP contribution >= 0.6 is 0 Å². The molecule has 0 unspecified atom stereocenters. The first-order chi connectivity index (χ1) is 10.2. The standard InChI is InChI=1S/C14H20N6O/c1-4-9-21-14-17-12(19-15)16-13(18-14)20(3)11-8-6-5-7-10(11)2/h5-8H,4,9,15H2,1-3H3,(H,16,17,18,19). The van der Waals surface area contributed by atoms with Crippen molar-refractivity contribution in [2.24, 2.45) is 5.84 Å². The second-order valence-corrected chi connectivity index (χ2v) is 4.58. The zero-order valence-corrected chi connectivity index (χ0v) is 12.5. The van der Waals surface area contributed by atoms with Gasteiger partial charge in [0.05, 0.1) is 6.61 Å². The Morgan fingerprint density at radius 3 is 2.67 bits per heavy atom. The van der Waals surface area contributed by atoms with E-state index in [4.69, 9.17) is 10.6 Å². The van der Waals surface area contributed by atoms with Crippen molar-refractivity contribution in [3.63, 3.8) is 0 Å². The van der Waals surface area contributed by atoms with Gasteiger partial charge in [-0.25, -0.2) is 5.84 Å². The summed E-state index contributed by atoms with van der Waals surface area (Å²) in [5, 5.41) is 0. The molecule has 21 heavy (non-hydrogen) atoms. The highest BCUT2D eigenvalue weighted by Gasteiger charge is 2.13. The lowest BCUT2D eigenvalue weighted by molar-refractivity contribution is 0.292. The largest absolute Gasteiger partial charge is 0.463 e. The van der Waals surface area contributed by atoms with Crippen LogP contribution in [0.2, 0.25) is 0 Å². The van der Waals surface area contributed by atoms with Crippen molar-refractivity contribution in [3.8, 4) is 6.01 Å². The van der Waals surface area contributed by atoms with E-state index < -0.39 is 0 Å². The topological polar surface area (TPSA) is 89.2 Å². The maximum atomic E-state index is 5.47. The molecule has 0 saturated heterocycles. The number of benzene rings is 1. The summed E-state index contributed by atoms with van der Waals surface area (Å²) in [6.45, 7) is 4.59. The molecule has 7 nitrogen and oxygen atoms in total. The van der Waals surface area contributed by atoms with E-state index in [1.165, 1.54) is 0 Å². The SMILES string of the molecule is CCCOc1nc(NN)nc(N(C)c2ccccc2C)n1. The summed E-state index contributed by atoms with van der Waals surface area (Å²) in [7, 11) is 1.89. The van der Waals surface area contributed by atoms with Crippen molar-refractivity contribution >= 4 is 17.6 Å². The number of aryl methyl sites for hydroxylation is 1. The molecule has 0 aliphatic heterocycles. The second-order valence-electron chi connectivity index (χ2n) is 4.58. The number of rotatable bonds is 6. The highest BCUT2D eigenvalue weighted by Crippen LogP contribution is 2.25. The predicted molar refractivity (Wildman–Crippen MR) is 82.7 cm³/mol. The maximum Gasteiger partial charge on any atom is 0.323 e. The summed E-state index contributed by atoms with van der Waals surface area (Å²) in [5.41, 5.74) is 4.57. The van der Waals surface area contributed by atoms with E-state index in [1.54, 1.807) is 0 Å². The van der Waals surface area contributed by atoms with Crippen LogP contribution in [0.15, 0.2) is 24.3 Å². The molecule has 0 aliphatic rings. The monoisotopic (exact) mass is 288 g/mol.